The van der Waals surface area contributed by atoms with Gasteiger partial charge in [-0.3, -0.25) is 0 Å². The fourth-order valence-corrected chi connectivity index (χ4v) is 4.05. The molecule has 3 aromatic heterocycles. The lowest BCUT2D eigenvalue weighted by molar-refractivity contribution is 0.392. The van der Waals surface area contributed by atoms with Gasteiger partial charge in [0.1, 0.15) is 15.7 Å². The third-order valence-electron chi connectivity index (χ3n) is 3.11. The van der Waals surface area contributed by atoms with Crippen molar-refractivity contribution in [1.82, 2.24) is 19.9 Å². The van der Waals surface area contributed by atoms with Crippen LogP contribution in [-0.2, 0) is 0 Å². The standard InChI is InChI=1S/C14H14N4OS2/c1-7-8(2)20-12-11(7)13(17-9(3)16-12)21-14-15-6-5-10(18-14)19-4/h5-6H,1-4H3. The smallest absolute Gasteiger partial charge is 0.217 e. The minimum atomic E-state index is 0.549. The number of ether oxygens (including phenoxy) is 1. The normalized spacial score (nSPS) is 11.0. The Morgan fingerprint density at radius 2 is 1.95 bits per heavy atom. The molecule has 5 nitrogen and oxygen atoms in total. The van der Waals surface area contributed by atoms with Gasteiger partial charge in [0.15, 0.2) is 5.16 Å². The van der Waals surface area contributed by atoms with E-state index in [0.717, 1.165) is 21.1 Å². The molecular weight excluding hydrogens is 304 g/mol. The zero-order chi connectivity index (χ0) is 15.0. The molecule has 0 saturated heterocycles. The van der Waals surface area contributed by atoms with E-state index in [0.29, 0.717) is 11.0 Å². The summed E-state index contributed by atoms with van der Waals surface area (Å²) in [6, 6.07) is 1.73. The van der Waals surface area contributed by atoms with E-state index in [1.165, 1.54) is 22.2 Å². The first kappa shape index (κ1) is 14.2. The fraction of sp³-hybridized carbons (Fsp3) is 0.286. The molecule has 0 aliphatic carbocycles. The molecule has 0 aliphatic heterocycles. The highest BCUT2D eigenvalue weighted by Crippen LogP contribution is 2.37. The van der Waals surface area contributed by atoms with Crippen LogP contribution in [0.2, 0.25) is 0 Å². The number of aromatic nitrogens is 4. The topological polar surface area (TPSA) is 60.8 Å². The fourth-order valence-electron chi connectivity index (χ4n) is 1.96. The molecule has 3 aromatic rings. The molecule has 0 fully saturated rings. The van der Waals surface area contributed by atoms with Crippen molar-refractivity contribution in [3.8, 4) is 5.88 Å². The van der Waals surface area contributed by atoms with E-state index in [4.69, 9.17) is 4.74 Å². The second-order valence-corrected chi connectivity index (χ2v) is 6.68. The lowest BCUT2D eigenvalue weighted by Gasteiger charge is -2.05. The van der Waals surface area contributed by atoms with Crippen LogP contribution in [0.15, 0.2) is 22.4 Å². The molecule has 3 heterocycles. The van der Waals surface area contributed by atoms with Crippen molar-refractivity contribution < 1.29 is 4.74 Å². The third-order valence-corrected chi connectivity index (χ3v) is 5.08. The van der Waals surface area contributed by atoms with Gasteiger partial charge in [0.2, 0.25) is 5.88 Å². The minimum Gasteiger partial charge on any atom is -0.481 e. The number of hydrogen-bond donors (Lipinski definition) is 0. The molecule has 0 atom stereocenters. The molecule has 0 spiro atoms. The summed E-state index contributed by atoms with van der Waals surface area (Å²) in [5.74, 6) is 1.31. The Hall–Kier alpha value is -1.73. The predicted octanol–water partition coefficient (Wildman–Crippen LogP) is 3.57. The summed E-state index contributed by atoms with van der Waals surface area (Å²) in [5, 5.41) is 2.61. The van der Waals surface area contributed by atoms with Crippen molar-refractivity contribution >= 4 is 33.3 Å². The van der Waals surface area contributed by atoms with Crippen molar-refractivity contribution in [3.05, 3.63) is 28.5 Å². The van der Waals surface area contributed by atoms with E-state index in [-0.39, 0.29) is 0 Å². The monoisotopic (exact) mass is 318 g/mol. The average molecular weight is 318 g/mol. The lowest BCUT2D eigenvalue weighted by atomic mass is 10.2. The Kier molecular flexibility index (Phi) is 3.77. The number of thiophene rings is 1. The zero-order valence-corrected chi connectivity index (χ0v) is 13.8. The molecule has 108 valence electrons. The molecule has 0 saturated carbocycles. The summed E-state index contributed by atoms with van der Waals surface area (Å²) in [6.45, 7) is 6.11. The second-order valence-electron chi connectivity index (χ2n) is 4.52. The van der Waals surface area contributed by atoms with Gasteiger partial charge in [0.25, 0.3) is 0 Å². The van der Waals surface area contributed by atoms with Crippen LogP contribution >= 0.6 is 23.1 Å². The maximum absolute atomic E-state index is 5.14. The van der Waals surface area contributed by atoms with Crippen molar-refractivity contribution in [2.24, 2.45) is 0 Å². The quantitative estimate of drug-likeness (QED) is 0.543. The van der Waals surface area contributed by atoms with Gasteiger partial charge in [-0.1, -0.05) is 0 Å². The first-order valence-electron chi connectivity index (χ1n) is 6.37. The Morgan fingerprint density at radius 1 is 1.14 bits per heavy atom. The molecule has 7 heteroatoms. The minimum absolute atomic E-state index is 0.549. The lowest BCUT2D eigenvalue weighted by Crippen LogP contribution is -1.94. The van der Waals surface area contributed by atoms with Gasteiger partial charge in [-0.2, -0.15) is 4.98 Å². The van der Waals surface area contributed by atoms with Crippen molar-refractivity contribution in [2.45, 2.75) is 31.0 Å². The first-order valence-corrected chi connectivity index (χ1v) is 8.01. The number of rotatable bonds is 3. The first-order chi connectivity index (χ1) is 10.1. The van der Waals surface area contributed by atoms with Crippen molar-refractivity contribution in [1.29, 1.82) is 0 Å². The van der Waals surface area contributed by atoms with E-state index in [9.17, 15) is 0 Å². The molecular formula is C14H14N4OS2. The van der Waals surface area contributed by atoms with E-state index in [1.807, 2.05) is 6.92 Å². The molecule has 0 amide bonds. The van der Waals surface area contributed by atoms with Crippen LogP contribution < -0.4 is 4.74 Å². The molecule has 0 aliphatic rings. The maximum Gasteiger partial charge on any atom is 0.217 e. The number of methoxy groups -OCH3 is 1. The Morgan fingerprint density at radius 3 is 2.71 bits per heavy atom. The van der Waals surface area contributed by atoms with Crippen LogP contribution in [0.3, 0.4) is 0 Å². The zero-order valence-electron chi connectivity index (χ0n) is 12.2. The Bertz CT molecular complexity index is 816. The average Bonchev–Trinajstić information content (AvgIpc) is 2.74. The van der Waals surface area contributed by atoms with Gasteiger partial charge in [0, 0.05) is 22.5 Å². The largest absolute Gasteiger partial charge is 0.481 e. The van der Waals surface area contributed by atoms with E-state index in [2.05, 4.69) is 33.8 Å². The van der Waals surface area contributed by atoms with Gasteiger partial charge < -0.3 is 4.74 Å². The number of hydrogen-bond acceptors (Lipinski definition) is 7. The van der Waals surface area contributed by atoms with Gasteiger partial charge in [0.05, 0.1) is 7.11 Å². The van der Waals surface area contributed by atoms with Crippen molar-refractivity contribution in [3.63, 3.8) is 0 Å². The predicted molar refractivity (Wildman–Crippen MR) is 84.3 cm³/mol. The highest BCUT2D eigenvalue weighted by molar-refractivity contribution is 7.99. The van der Waals surface area contributed by atoms with Gasteiger partial charge in [-0.15, -0.1) is 11.3 Å². The number of nitrogens with zero attached hydrogens (tertiary/aromatic N) is 4. The van der Waals surface area contributed by atoms with E-state index in [1.54, 1.807) is 30.7 Å². The van der Waals surface area contributed by atoms with Crippen molar-refractivity contribution in [2.75, 3.05) is 7.11 Å². The second kappa shape index (κ2) is 5.57. The van der Waals surface area contributed by atoms with Crippen LogP contribution in [0.1, 0.15) is 16.3 Å². The molecule has 0 aromatic carbocycles. The summed E-state index contributed by atoms with van der Waals surface area (Å²) in [6.07, 6.45) is 1.69. The molecule has 0 bridgehead atoms. The summed E-state index contributed by atoms with van der Waals surface area (Å²) in [4.78, 5) is 20.0. The molecule has 0 radical (unpaired) electrons. The SMILES string of the molecule is COc1ccnc(Sc2nc(C)nc3sc(C)c(C)c23)n1. The number of aryl methyl sites for hydroxylation is 3. The summed E-state index contributed by atoms with van der Waals surface area (Å²) in [7, 11) is 1.59. The summed E-state index contributed by atoms with van der Waals surface area (Å²) >= 11 is 3.14. The van der Waals surface area contributed by atoms with Crippen LogP contribution in [0.4, 0.5) is 0 Å². The van der Waals surface area contributed by atoms with Crippen LogP contribution in [-0.4, -0.2) is 27.0 Å². The summed E-state index contributed by atoms with van der Waals surface area (Å²) in [5.41, 5.74) is 1.22. The maximum atomic E-state index is 5.14. The third kappa shape index (κ3) is 2.71. The van der Waals surface area contributed by atoms with Gasteiger partial charge in [-0.05, 0) is 38.1 Å². The number of fused-ring (bicyclic) bond motifs is 1. The molecule has 0 N–H and O–H groups in total. The Labute approximate surface area is 130 Å². The molecule has 3 rings (SSSR count). The molecule has 0 unspecified atom stereocenters. The highest BCUT2D eigenvalue weighted by atomic mass is 32.2. The molecule has 21 heavy (non-hydrogen) atoms. The van der Waals surface area contributed by atoms with Crippen LogP contribution in [0, 0.1) is 20.8 Å². The van der Waals surface area contributed by atoms with E-state index < -0.39 is 0 Å². The van der Waals surface area contributed by atoms with Gasteiger partial charge >= 0.3 is 0 Å². The van der Waals surface area contributed by atoms with Crippen LogP contribution in [0.25, 0.3) is 10.2 Å². The van der Waals surface area contributed by atoms with Gasteiger partial charge in [-0.25, -0.2) is 15.0 Å². The summed E-state index contributed by atoms with van der Waals surface area (Å²) < 4.78 is 5.14. The van der Waals surface area contributed by atoms with Crippen LogP contribution in [0.5, 0.6) is 5.88 Å². The van der Waals surface area contributed by atoms with E-state index >= 15 is 0 Å². The highest BCUT2D eigenvalue weighted by Gasteiger charge is 2.15. The Balaban J connectivity index is 2.11.